The van der Waals surface area contributed by atoms with E-state index in [2.05, 4.69) is 14.5 Å². The zero-order valence-corrected chi connectivity index (χ0v) is 25.6. The van der Waals surface area contributed by atoms with E-state index in [0.717, 1.165) is 49.2 Å². The Morgan fingerprint density at radius 3 is 2.41 bits per heavy atom. The molecule has 3 aliphatic heterocycles. The van der Waals surface area contributed by atoms with Crippen LogP contribution in [-0.4, -0.2) is 57.4 Å². The number of rotatable bonds is 4. The van der Waals surface area contributed by atoms with Crippen LogP contribution >= 0.6 is 0 Å². The summed E-state index contributed by atoms with van der Waals surface area (Å²) in [5.74, 6) is -0.308. The van der Waals surface area contributed by atoms with Crippen LogP contribution in [0.15, 0.2) is 78.9 Å². The van der Waals surface area contributed by atoms with Crippen molar-refractivity contribution in [1.82, 2.24) is 19.4 Å². The summed E-state index contributed by atoms with van der Waals surface area (Å²) in [4.78, 5) is 28.9. The van der Waals surface area contributed by atoms with E-state index in [1.807, 2.05) is 85.8 Å². The lowest BCUT2D eigenvalue weighted by molar-refractivity contribution is -0.265. The molecule has 46 heavy (non-hydrogen) atoms. The highest BCUT2D eigenvalue weighted by Crippen LogP contribution is 2.55. The molecule has 232 valence electrons. The second kappa shape index (κ2) is 9.56. The Hall–Kier alpha value is -4.90. The summed E-state index contributed by atoms with van der Waals surface area (Å²) in [6, 6.07) is 25.1. The molecule has 0 radical (unpaired) electrons. The van der Waals surface area contributed by atoms with Gasteiger partial charge in [-0.15, -0.1) is 0 Å². The molecule has 0 saturated carbocycles. The molecule has 4 aromatic carbocycles. The van der Waals surface area contributed by atoms with E-state index in [9.17, 15) is 14.7 Å². The molecule has 1 fully saturated rings. The van der Waals surface area contributed by atoms with Crippen LogP contribution in [0.4, 0.5) is 4.79 Å². The molecule has 10 heteroatoms. The van der Waals surface area contributed by atoms with Gasteiger partial charge in [0, 0.05) is 47.7 Å². The molecule has 1 saturated heterocycles. The maximum absolute atomic E-state index is 13.6. The summed E-state index contributed by atoms with van der Waals surface area (Å²) >= 11 is 0. The van der Waals surface area contributed by atoms with Crippen LogP contribution in [0.2, 0.25) is 0 Å². The average Bonchev–Trinajstić information content (AvgIpc) is 3.68. The van der Waals surface area contributed by atoms with Gasteiger partial charge in [-0.1, -0.05) is 66.7 Å². The number of hydrogen-bond donors (Lipinski definition) is 2. The number of ether oxygens (including phenoxy) is 3. The van der Waals surface area contributed by atoms with Gasteiger partial charge in [0.15, 0.2) is 12.0 Å². The highest BCUT2D eigenvalue weighted by atomic mass is 16.6. The highest BCUT2D eigenvalue weighted by Gasteiger charge is 2.55. The maximum Gasteiger partial charge on any atom is 0.410 e. The molecule has 2 N–H and O–H groups in total. The van der Waals surface area contributed by atoms with Gasteiger partial charge in [-0.2, -0.15) is 0 Å². The molecular formula is C36H32N4O6. The first-order valence-electron chi connectivity index (χ1n) is 15.5. The molecule has 5 atom stereocenters. The van der Waals surface area contributed by atoms with Crippen LogP contribution in [0.25, 0.3) is 43.6 Å². The maximum atomic E-state index is 13.6. The van der Waals surface area contributed by atoms with Gasteiger partial charge in [-0.25, -0.2) is 4.79 Å². The van der Waals surface area contributed by atoms with Gasteiger partial charge in [0.1, 0.15) is 18.9 Å². The Labute approximate surface area is 263 Å². The number of hydrogen-bond acceptors (Lipinski definition) is 6. The van der Waals surface area contributed by atoms with Crippen molar-refractivity contribution >= 4 is 55.6 Å². The Kier molecular flexibility index (Phi) is 5.69. The number of aliphatic hydroxyl groups excluding tert-OH is 1. The lowest BCUT2D eigenvalue weighted by atomic mass is 9.92. The number of fused-ring (bicyclic) bond motifs is 13. The molecule has 2 aromatic heterocycles. The van der Waals surface area contributed by atoms with Crippen molar-refractivity contribution in [2.75, 3.05) is 14.2 Å². The zero-order valence-electron chi connectivity index (χ0n) is 25.6. The number of methoxy groups -OCH3 is 1. The van der Waals surface area contributed by atoms with Gasteiger partial charge in [0.2, 0.25) is 0 Å². The topological polar surface area (TPSA) is 107 Å². The molecule has 6 aromatic rings. The first-order chi connectivity index (χ1) is 22.3. The minimum absolute atomic E-state index is 0.151. The quantitative estimate of drug-likeness (QED) is 0.256. The number of aliphatic hydroxyl groups is 1. The van der Waals surface area contributed by atoms with Crippen LogP contribution < -0.4 is 5.32 Å². The van der Waals surface area contributed by atoms with Crippen molar-refractivity contribution in [3.05, 3.63) is 95.6 Å². The third-order valence-electron chi connectivity index (χ3n) is 10.2. The number of amides is 2. The fraction of sp³-hybridized carbons (Fsp3) is 0.278. The molecule has 1 unspecified atom stereocenters. The van der Waals surface area contributed by atoms with Crippen LogP contribution in [0.5, 0.6) is 0 Å². The van der Waals surface area contributed by atoms with Gasteiger partial charge in [-0.3, -0.25) is 4.79 Å². The van der Waals surface area contributed by atoms with E-state index < -0.39 is 36.4 Å². The van der Waals surface area contributed by atoms with Crippen molar-refractivity contribution in [1.29, 1.82) is 0 Å². The van der Waals surface area contributed by atoms with Crippen molar-refractivity contribution in [2.24, 2.45) is 0 Å². The lowest BCUT2D eigenvalue weighted by Crippen LogP contribution is -2.61. The fourth-order valence-corrected chi connectivity index (χ4v) is 8.39. The largest absolute Gasteiger partial charge is 0.445 e. The minimum atomic E-state index is -1.17. The van der Waals surface area contributed by atoms with E-state index in [1.165, 1.54) is 0 Å². The average molecular weight is 617 g/mol. The molecule has 5 heterocycles. The minimum Gasteiger partial charge on any atom is -0.445 e. The third-order valence-corrected chi connectivity index (χ3v) is 10.2. The Morgan fingerprint density at radius 2 is 1.67 bits per heavy atom. The van der Waals surface area contributed by atoms with Crippen molar-refractivity contribution in [3.63, 3.8) is 0 Å². The Morgan fingerprint density at radius 1 is 1.00 bits per heavy atom. The van der Waals surface area contributed by atoms with Gasteiger partial charge < -0.3 is 38.7 Å². The fourth-order valence-electron chi connectivity index (χ4n) is 8.39. The van der Waals surface area contributed by atoms with E-state index in [0.29, 0.717) is 17.5 Å². The van der Waals surface area contributed by atoms with E-state index in [4.69, 9.17) is 14.2 Å². The van der Waals surface area contributed by atoms with Gasteiger partial charge in [0.25, 0.3) is 5.91 Å². The van der Waals surface area contributed by atoms with Crippen molar-refractivity contribution in [3.8, 4) is 0 Å². The molecule has 2 amide bonds. The van der Waals surface area contributed by atoms with E-state index in [1.54, 1.807) is 19.1 Å². The molecule has 0 aliphatic carbocycles. The summed E-state index contributed by atoms with van der Waals surface area (Å²) in [7, 11) is 3.39. The third kappa shape index (κ3) is 3.41. The molecule has 2 bridgehead atoms. The zero-order chi connectivity index (χ0) is 31.5. The predicted molar refractivity (Wildman–Crippen MR) is 172 cm³/mol. The van der Waals surface area contributed by atoms with Crippen LogP contribution in [0.1, 0.15) is 47.3 Å². The van der Waals surface area contributed by atoms with Crippen LogP contribution in [0, 0.1) is 0 Å². The summed E-state index contributed by atoms with van der Waals surface area (Å²) in [6.07, 6.45) is -2.35. The summed E-state index contributed by atoms with van der Waals surface area (Å²) in [5, 5.41) is 17.5. The number of carbonyl (C=O) groups excluding carboxylic acids is 2. The number of nitrogens with zero attached hydrogens (tertiary/aromatic N) is 3. The number of likely N-dealkylation sites (N-methyl/N-ethyl adjacent to an activating group) is 1. The molecular weight excluding hydrogens is 584 g/mol. The van der Waals surface area contributed by atoms with Crippen LogP contribution in [0.3, 0.4) is 0 Å². The molecule has 0 spiro atoms. The smallest absolute Gasteiger partial charge is 0.410 e. The molecule has 3 aliphatic rings. The van der Waals surface area contributed by atoms with Crippen molar-refractivity contribution < 1.29 is 28.9 Å². The first-order valence-corrected chi connectivity index (χ1v) is 15.5. The van der Waals surface area contributed by atoms with Crippen molar-refractivity contribution in [2.45, 2.75) is 50.3 Å². The molecule has 9 rings (SSSR count). The predicted octanol–water partition coefficient (Wildman–Crippen LogP) is 5.89. The van der Waals surface area contributed by atoms with E-state index >= 15 is 0 Å². The number of nitrogens with one attached hydrogen (secondary N) is 1. The second-order valence-corrected chi connectivity index (χ2v) is 12.6. The SMILES string of the molecule is CO[C@@H]1[C@H](N(C)C(=O)OCc2ccccc2)C[C@H]2O[C@]1(C)n1c3ccccc3c3c4c(c5c6ccccc6n2c5c31)C(=O)NC4O. The summed E-state index contributed by atoms with van der Waals surface area (Å²) < 4.78 is 23.6. The summed E-state index contributed by atoms with van der Waals surface area (Å²) in [5.41, 5.74) is 4.32. The van der Waals surface area contributed by atoms with Gasteiger partial charge >= 0.3 is 6.09 Å². The monoisotopic (exact) mass is 616 g/mol. The first kappa shape index (κ1) is 27.4. The number of para-hydroxylation sites is 2. The summed E-state index contributed by atoms with van der Waals surface area (Å²) in [6.45, 7) is 2.15. The van der Waals surface area contributed by atoms with Crippen LogP contribution in [-0.2, 0) is 26.5 Å². The normalized spacial score (nSPS) is 24.9. The number of benzene rings is 4. The Bertz CT molecular complexity index is 2260. The van der Waals surface area contributed by atoms with E-state index in [-0.39, 0.29) is 12.5 Å². The second-order valence-electron chi connectivity index (χ2n) is 12.6. The number of aromatic nitrogens is 2. The lowest BCUT2D eigenvalue weighted by Gasteiger charge is -2.50. The molecule has 10 nitrogen and oxygen atoms in total. The highest BCUT2D eigenvalue weighted by molar-refractivity contribution is 6.31. The number of carbonyl (C=O) groups is 2. The van der Waals surface area contributed by atoms with Gasteiger partial charge in [-0.05, 0) is 24.6 Å². The standard InChI is InChI=1S/C36H32N4O6/c1-36-32(44-3)24(38(2)35(43)45-18-19-11-5-4-6-12-19)17-25(46-36)39-22-15-9-7-13-20(22)26-28-29(34(42)37-33(28)41)27-21-14-8-10-16-23(21)40(36)31(27)30(26)39/h4-16,24-25,32,34,42H,17-18H2,1-3H3,(H,37,41)/t24-,25-,32-,34?,36+/m1/s1. The van der Waals surface area contributed by atoms with Gasteiger partial charge in [0.05, 0.1) is 33.7 Å². The Balaban J connectivity index is 1.33.